The Kier molecular flexibility index (Phi) is 3.57. The van der Waals surface area contributed by atoms with Gasteiger partial charge < -0.3 is 15.2 Å². The first-order valence-electron chi connectivity index (χ1n) is 7.27. The number of rotatable bonds is 4. The average Bonchev–Trinajstić information content (AvgIpc) is 2.99. The number of carboxylic acids is 1. The highest BCUT2D eigenvalue weighted by molar-refractivity contribution is 5.70. The van der Waals surface area contributed by atoms with Crippen molar-refractivity contribution in [3.63, 3.8) is 0 Å². The summed E-state index contributed by atoms with van der Waals surface area (Å²) >= 11 is 0. The summed E-state index contributed by atoms with van der Waals surface area (Å²) in [5.74, 6) is 1.62. The molecule has 2 N–H and O–H groups in total. The molecule has 0 amide bonds. The Morgan fingerprint density at radius 3 is 2.78 bits per heavy atom. The van der Waals surface area contributed by atoms with Crippen LogP contribution >= 0.6 is 0 Å². The maximum atomic E-state index is 11.0. The van der Waals surface area contributed by atoms with Crippen molar-refractivity contribution in [3.8, 4) is 0 Å². The van der Waals surface area contributed by atoms with E-state index in [2.05, 4.69) is 5.32 Å². The van der Waals surface area contributed by atoms with Gasteiger partial charge in [0.2, 0.25) is 0 Å². The van der Waals surface area contributed by atoms with Crippen LogP contribution in [0.3, 0.4) is 0 Å². The molecule has 3 aliphatic rings. The summed E-state index contributed by atoms with van der Waals surface area (Å²) in [7, 11) is 0. The maximum absolute atomic E-state index is 11.0. The summed E-state index contributed by atoms with van der Waals surface area (Å²) in [5.41, 5.74) is 0. The highest BCUT2D eigenvalue weighted by atomic mass is 16.5. The molecule has 5 atom stereocenters. The number of hydrogen-bond donors (Lipinski definition) is 2. The van der Waals surface area contributed by atoms with Gasteiger partial charge in [0.25, 0.3) is 0 Å². The van der Waals surface area contributed by atoms with Crippen molar-refractivity contribution in [3.05, 3.63) is 0 Å². The Bertz CT molecular complexity index is 320. The average molecular weight is 253 g/mol. The zero-order valence-corrected chi connectivity index (χ0v) is 10.8. The van der Waals surface area contributed by atoms with E-state index in [9.17, 15) is 4.79 Å². The molecular weight excluding hydrogens is 230 g/mol. The number of aliphatic carboxylic acids is 1. The molecule has 0 spiro atoms. The number of nitrogens with one attached hydrogen (secondary N) is 1. The molecule has 4 nitrogen and oxygen atoms in total. The van der Waals surface area contributed by atoms with Gasteiger partial charge in [-0.3, -0.25) is 4.79 Å². The van der Waals surface area contributed by atoms with Crippen LogP contribution in [0.2, 0.25) is 0 Å². The molecule has 0 radical (unpaired) electrons. The molecule has 0 aromatic carbocycles. The smallest absolute Gasteiger partial charge is 0.307 e. The largest absolute Gasteiger partial charge is 0.481 e. The number of fused-ring (bicyclic) bond motifs is 2. The van der Waals surface area contributed by atoms with Gasteiger partial charge in [0, 0.05) is 13.1 Å². The van der Waals surface area contributed by atoms with Crippen molar-refractivity contribution in [2.24, 2.45) is 23.7 Å². The van der Waals surface area contributed by atoms with E-state index in [1.165, 1.54) is 25.7 Å². The fourth-order valence-corrected chi connectivity index (χ4v) is 4.06. The lowest BCUT2D eigenvalue weighted by Crippen LogP contribution is -2.44. The summed E-state index contributed by atoms with van der Waals surface area (Å²) in [6.45, 7) is 2.24. The van der Waals surface area contributed by atoms with Crippen LogP contribution in [0.25, 0.3) is 0 Å². The predicted octanol–water partition coefficient (Wildman–Crippen LogP) is 1.50. The zero-order chi connectivity index (χ0) is 12.5. The van der Waals surface area contributed by atoms with Gasteiger partial charge in [-0.2, -0.15) is 0 Å². The van der Waals surface area contributed by atoms with E-state index < -0.39 is 5.97 Å². The number of carbonyl (C=O) groups is 1. The fourth-order valence-electron chi connectivity index (χ4n) is 4.06. The van der Waals surface area contributed by atoms with E-state index in [0.717, 1.165) is 30.9 Å². The van der Waals surface area contributed by atoms with Gasteiger partial charge in [0.1, 0.15) is 0 Å². The molecule has 1 heterocycles. The summed E-state index contributed by atoms with van der Waals surface area (Å²) in [4.78, 5) is 11.0. The first-order chi connectivity index (χ1) is 8.72. The Hall–Kier alpha value is -0.610. The lowest BCUT2D eigenvalue weighted by molar-refractivity contribution is -0.144. The van der Waals surface area contributed by atoms with Gasteiger partial charge in [-0.25, -0.2) is 0 Å². The van der Waals surface area contributed by atoms with Crippen molar-refractivity contribution in [1.82, 2.24) is 5.32 Å². The quantitative estimate of drug-likeness (QED) is 0.797. The van der Waals surface area contributed by atoms with Gasteiger partial charge in [-0.05, 0) is 43.4 Å². The molecule has 0 aromatic rings. The van der Waals surface area contributed by atoms with Crippen LogP contribution in [0.4, 0.5) is 0 Å². The molecule has 4 heteroatoms. The van der Waals surface area contributed by atoms with Crippen LogP contribution in [0.5, 0.6) is 0 Å². The maximum Gasteiger partial charge on any atom is 0.307 e. The first-order valence-corrected chi connectivity index (χ1v) is 7.27. The van der Waals surface area contributed by atoms with Crippen molar-refractivity contribution in [2.45, 2.75) is 38.2 Å². The van der Waals surface area contributed by atoms with Gasteiger partial charge in [-0.1, -0.05) is 6.42 Å². The van der Waals surface area contributed by atoms with Crippen LogP contribution in [-0.2, 0) is 9.53 Å². The topological polar surface area (TPSA) is 58.6 Å². The van der Waals surface area contributed by atoms with E-state index in [1.54, 1.807) is 0 Å². The van der Waals surface area contributed by atoms with Crippen LogP contribution in [-0.4, -0.2) is 36.9 Å². The van der Waals surface area contributed by atoms with Crippen molar-refractivity contribution in [2.75, 3.05) is 19.7 Å². The van der Waals surface area contributed by atoms with Crippen molar-refractivity contribution >= 4 is 5.97 Å². The van der Waals surface area contributed by atoms with Crippen LogP contribution in [0.15, 0.2) is 0 Å². The summed E-state index contributed by atoms with van der Waals surface area (Å²) < 4.78 is 5.97. The zero-order valence-electron chi connectivity index (χ0n) is 10.8. The minimum atomic E-state index is -0.698. The van der Waals surface area contributed by atoms with E-state index >= 15 is 0 Å². The van der Waals surface area contributed by atoms with Crippen molar-refractivity contribution in [1.29, 1.82) is 0 Å². The molecule has 0 aromatic heterocycles. The summed E-state index contributed by atoms with van der Waals surface area (Å²) in [6.07, 6.45) is 6.33. The lowest BCUT2D eigenvalue weighted by atomic mass is 9.89. The lowest BCUT2D eigenvalue weighted by Gasteiger charge is -2.30. The van der Waals surface area contributed by atoms with E-state index in [4.69, 9.17) is 9.84 Å². The Labute approximate surface area is 108 Å². The second-order valence-corrected chi connectivity index (χ2v) is 6.32. The monoisotopic (exact) mass is 253 g/mol. The Balaban J connectivity index is 1.44. The highest BCUT2D eigenvalue weighted by Gasteiger charge is 2.40. The molecule has 1 aliphatic heterocycles. The second kappa shape index (κ2) is 5.17. The minimum absolute atomic E-state index is 0.0963. The van der Waals surface area contributed by atoms with Crippen LogP contribution < -0.4 is 5.32 Å². The van der Waals surface area contributed by atoms with E-state index in [0.29, 0.717) is 13.0 Å². The minimum Gasteiger partial charge on any atom is -0.481 e. The van der Waals surface area contributed by atoms with Gasteiger partial charge >= 0.3 is 5.97 Å². The predicted molar refractivity (Wildman–Crippen MR) is 67.3 cm³/mol. The molecular formula is C14H23NO3. The number of carboxylic acid groups (broad SMARTS) is 1. The molecule has 1 saturated heterocycles. The number of piperidine rings is 1. The Morgan fingerprint density at radius 1 is 1.22 bits per heavy atom. The van der Waals surface area contributed by atoms with E-state index in [1.807, 2.05) is 0 Å². The van der Waals surface area contributed by atoms with Gasteiger partial charge in [0.05, 0.1) is 18.6 Å². The molecule has 3 fully saturated rings. The van der Waals surface area contributed by atoms with Crippen LogP contribution in [0, 0.1) is 23.7 Å². The molecule has 5 unspecified atom stereocenters. The highest BCUT2D eigenvalue weighted by Crippen LogP contribution is 2.48. The van der Waals surface area contributed by atoms with Crippen molar-refractivity contribution < 1.29 is 14.6 Å². The van der Waals surface area contributed by atoms with E-state index in [-0.39, 0.29) is 12.0 Å². The second-order valence-electron chi connectivity index (χ2n) is 6.32. The normalized spacial score (nSPS) is 43.2. The summed E-state index contributed by atoms with van der Waals surface area (Å²) in [6, 6.07) is 0. The number of hydrogen-bond acceptors (Lipinski definition) is 3. The summed E-state index contributed by atoms with van der Waals surface area (Å²) in [5, 5.41) is 12.2. The molecule has 18 heavy (non-hydrogen) atoms. The Morgan fingerprint density at radius 2 is 2.11 bits per heavy atom. The third-order valence-corrected chi connectivity index (χ3v) is 5.09. The number of ether oxygens (including phenoxy) is 1. The molecule has 2 aliphatic carbocycles. The van der Waals surface area contributed by atoms with Gasteiger partial charge in [0.15, 0.2) is 0 Å². The SMILES string of the molecule is O=C(O)C1CNCC(OCC2CC3CCC2C3)C1. The first kappa shape index (κ1) is 12.4. The standard InChI is InChI=1S/C14H23NO3/c16-14(17)11-5-13(7-15-6-11)18-8-12-4-9-1-2-10(12)3-9/h9-13,15H,1-8H2,(H,16,17). The molecule has 2 saturated carbocycles. The molecule has 3 rings (SSSR count). The molecule has 102 valence electrons. The fraction of sp³-hybridized carbons (Fsp3) is 0.929. The molecule has 2 bridgehead atoms. The third-order valence-electron chi connectivity index (χ3n) is 5.09. The van der Waals surface area contributed by atoms with Crippen LogP contribution in [0.1, 0.15) is 32.1 Å². The third kappa shape index (κ3) is 2.54. The van der Waals surface area contributed by atoms with Gasteiger partial charge in [-0.15, -0.1) is 0 Å².